The topological polar surface area (TPSA) is 111 Å². The minimum atomic E-state index is -0.994. The number of amides is 1. The lowest BCUT2D eigenvalue weighted by molar-refractivity contribution is -0.142. The summed E-state index contributed by atoms with van der Waals surface area (Å²) in [5.74, 6) is -1.68. The van der Waals surface area contributed by atoms with Crippen molar-refractivity contribution in [1.29, 1.82) is 0 Å². The fourth-order valence-electron chi connectivity index (χ4n) is 2.05. The van der Waals surface area contributed by atoms with E-state index in [1.165, 1.54) is 13.2 Å². The van der Waals surface area contributed by atoms with Crippen LogP contribution >= 0.6 is 0 Å². The Kier molecular flexibility index (Phi) is 4.09. The first kappa shape index (κ1) is 14.1. The van der Waals surface area contributed by atoms with Gasteiger partial charge in [-0.2, -0.15) is 0 Å². The number of aliphatic carboxylic acids is 1. The van der Waals surface area contributed by atoms with Gasteiger partial charge in [0, 0.05) is 5.69 Å². The van der Waals surface area contributed by atoms with Gasteiger partial charge in [0.25, 0.3) is 5.91 Å². The van der Waals surface area contributed by atoms with E-state index in [1.807, 2.05) is 0 Å². The molecule has 2 rings (SSSR count). The Morgan fingerprint density at radius 2 is 2.20 bits per heavy atom. The molecule has 4 N–H and O–H groups in total. The highest BCUT2D eigenvalue weighted by atomic mass is 16.5. The highest BCUT2D eigenvalue weighted by Gasteiger charge is 2.35. The van der Waals surface area contributed by atoms with Crippen molar-refractivity contribution in [3.63, 3.8) is 0 Å². The second-order valence-electron chi connectivity index (χ2n) is 4.52. The second-order valence-corrected chi connectivity index (χ2v) is 4.52. The molecule has 2 unspecified atom stereocenters. The van der Waals surface area contributed by atoms with Gasteiger partial charge in [0.05, 0.1) is 31.9 Å². The van der Waals surface area contributed by atoms with Crippen molar-refractivity contribution in [3.05, 3.63) is 23.8 Å². The molecule has 0 radical (unpaired) electrons. The van der Waals surface area contributed by atoms with Gasteiger partial charge >= 0.3 is 5.97 Å². The van der Waals surface area contributed by atoms with Crippen LogP contribution in [0.4, 0.5) is 5.69 Å². The van der Waals surface area contributed by atoms with Crippen molar-refractivity contribution in [2.75, 3.05) is 26.1 Å². The van der Waals surface area contributed by atoms with Crippen LogP contribution in [0.3, 0.4) is 0 Å². The van der Waals surface area contributed by atoms with Crippen molar-refractivity contribution in [2.24, 2.45) is 5.92 Å². The number of hydrogen-bond donors (Lipinski definition) is 3. The van der Waals surface area contributed by atoms with E-state index in [0.717, 1.165) is 0 Å². The molecule has 1 saturated heterocycles. The van der Waals surface area contributed by atoms with Gasteiger partial charge in [-0.1, -0.05) is 0 Å². The molecule has 0 aliphatic carbocycles. The molecule has 1 heterocycles. The van der Waals surface area contributed by atoms with Crippen molar-refractivity contribution in [2.45, 2.75) is 6.04 Å². The van der Waals surface area contributed by atoms with E-state index in [1.54, 1.807) is 12.1 Å². The lowest BCUT2D eigenvalue weighted by Crippen LogP contribution is -2.42. The van der Waals surface area contributed by atoms with E-state index in [2.05, 4.69) is 5.32 Å². The number of anilines is 1. The number of ether oxygens (including phenoxy) is 2. The Morgan fingerprint density at radius 1 is 1.45 bits per heavy atom. The van der Waals surface area contributed by atoms with Crippen LogP contribution in [0.5, 0.6) is 5.75 Å². The fourth-order valence-corrected chi connectivity index (χ4v) is 2.05. The Bertz CT molecular complexity index is 531. The van der Waals surface area contributed by atoms with Crippen molar-refractivity contribution >= 4 is 17.6 Å². The minimum absolute atomic E-state index is 0.0911. The van der Waals surface area contributed by atoms with Crippen LogP contribution in [0.25, 0.3) is 0 Å². The molecule has 7 nitrogen and oxygen atoms in total. The molecule has 7 heteroatoms. The Morgan fingerprint density at radius 3 is 2.85 bits per heavy atom. The molecule has 2 atom stereocenters. The Balaban J connectivity index is 2.14. The van der Waals surface area contributed by atoms with Crippen LogP contribution < -0.4 is 15.8 Å². The molecule has 1 aliphatic heterocycles. The number of hydrogen-bond acceptors (Lipinski definition) is 5. The first-order valence-electron chi connectivity index (χ1n) is 6.08. The van der Waals surface area contributed by atoms with Crippen LogP contribution in [0, 0.1) is 5.92 Å². The molecule has 1 aromatic rings. The van der Waals surface area contributed by atoms with Gasteiger partial charge in [0.1, 0.15) is 11.7 Å². The van der Waals surface area contributed by atoms with Crippen molar-refractivity contribution in [3.8, 4) is 5.75 Å². The molecule has 1 aromatic carbocycles. The highest BCUT2D eigenvalue weighted by Crippen LogP contribution is 2.21. The summed E-state index contributed by atoms with van der Waals surface area (Å²) >= 11 is 0. The fraction of sp³-hybridized carbons (Fsp3) is 0.385. The first-order valence-corrected chi connectivity index (χ1v) is 6.08. The summed E-state index contributed by atoms with van der Waals surface area (Å²) in [7, 11) is 1.48. The average molecular weight is 280 g/mol. The van der Waals surface area contributed by atoms with Crippen molar-refractivity contribution in [1.82, 2.24) is 5.32 Å². The van der Waals surface area contributed by atoms with Crippen LogP contribution in [0.2, 0.25) is 0 Å². The lowest BCUT2D eigenvalue weighted by Gasteiger charge is -2.16. The number of methoxy groups -OCH3 is 1. The summed E-state index contributed by atoms with van der Waals surface area (Å²) < 4.78 is 10.1. The number of carboxylic acids is 1. The zero-order chi connectivity index (χ0) is 14.7. The predicted molar refractivity (Wildman–Crippen MR) is 70.6 cm³/mol. The molecule has 108 valence electrons. The van der Waals surface area contributed by atoms with E-state index in [0.29, 0.717) is 11.4 Å². The largest absolute Gasteiger partial charge is 0.497 e. The Hall–Kier alpha value is -2.28. The van der Waals surface area contributed by atoms with Gasteiger partial charge in [-0.3, -0.25) is 9.59 Å². The number of carbonyl (C=O) groups excluding carboxylic acids is 1. The van der Waals surface area contributed by atoms with Crippen LogP contribution in [-0.2, 0) is 9.53 Å². The van der Waals surface area contributed by atoms with E-state index in [4.69, 9.17) is 20.3 Å². The maximum absolute atomic E-state index is 12.2. The molecule has 0 aromatic heterocycles. The van der Waals surface area contributed by atoms with Crippen LogP contribution in [0.15, 0.2) is 18.2 Å². The molecule has 20 heavy (non-hydrogen) atoms. The summed E-state index contributed by atoms with van der Waals surface area (Å²) in [4.78, 5) is 23.2. The van der Waals surface area contributed by atoms with Gasteiger partial charge in [-0.05, 0) is 18.2 Å². The van der Waals surface area contributed by atoms with Gasteiger partial charge in [-0.15, -0.1) is 0 Å². The van der Waals surface area contributed by atoms with Gasteiger partial charge in [0.15, 0.2) is 0 Å². The molecule has 0 bridgehead atoms. The number of rotatable bonds is 4. The molecule has 1 amide bonds. The number of nitrogens with one attached hydrogen (secondary N) is 1. The second kappa shape index (κ2) is 5.79. The van der Waals surface area contributed by atoms with E-state index >= 15 is 0 Å². The van der Waals surface area contributed by atoms with Crippen molar-refractivity contribution < 1.29 is 24.2 Å². The third kappa shape index (κ3) is 2.83. The normalized spacial score (nSPS) is 21.4. The monoisotopic (exact) mass is 280 g/mol. The number of nitrogens with two attached hydrogens (primary N) is 1. The van der Waals surface area contributed by atoms with E-state index in [9.17, 15) is 9.59 Å². The lowest BCUT2D eigenvalue weighted by atomic mass is 10.0. The molecular formula is C13H16N2O5. The summed E-state index contributed by atoms with van der Waals surface area (Å²) in [6, 6.07) is 4.15. The van der Waals surface area contributed by atoms with Crippen LogP contribution in [-0.4, -0.2) is 43.3 Å². The smallest absolute Gasteiger partial charge is 0.311 e. The van der Waals surface area contributed by atoms with Crippen LogP contribution in [0.1, 0.15) is 10.4 Å². The third-order valence-corrected chi connectivity index (χ3v) is 3.22. The van der Waals surface area contributed by atoms with E-state index in [-0.39, 0.29) is 18.8 Å². The zero-order valence-electron chi connectivity index (χ0n) is 11.0. The summed E-state index contributed by atoms with van der Waals surface area (Å²) in [6.07, 6.45) is 0. The molecular weight excluding hydrogens is 264 g/mol. The predicted octanol–water partition coefficient (Wildman–Crippen LogP) is 0.107. The standard InChI is InChI=1S/C13H16N2O5/c1-19-7-2-3-10(14)8(4-7)12(16)15-11-6-20-5-9(11)13(17)18/h2-4,9,11H,5-6,14H2,1H3,(H,15,16)(H,17,18). The molecule has 0 saturated carbocycles. The third-order valence-electron chi connectivity index (χ3n) is 3.22. The number of benzene rings is 1. The summed E-state index contributed by atoms with van der Waals surface area (Å²) in [5, 5.41) is 11.7. The molecule has 1 fully saturated rings. The minimum Gasteiger partial charge on any atom is -0.497 e. The number of nitrogen functional groups attached to an aromatic ring is 1. The van der Waals surface area contributed by atoms with E-state index < -0.39 is 23.8 Å². The average Bonchev–Trinajstić information content (AvgIpc) is 2.87. The zero-order valence-corrected chi connectivity index (χ0v) is 11.0. The first-order chi connectivity index (χ1) is 9.52. The Labute approximate surface area is 115 Å². The van der Waals surface area contributed by atoms with Gasteiger partial charge < -0.3 is 25.6 Å². The number of carbonyl (C=O) groups is 2. The quantitative estimate of drug-likeness (QED) is 0.675. The highest BCUT2D eigenvalue weighted by molar-refractivity contribution is 6.00. The number of carboxylic acid groups (broad SMARTS) is 1. The molecule has 1 aliphatic rings. The SMILES string of the molecule is COc1ccc(N)c(C(=O)NC2COCC2C(=O)O)c1. The summed E-state index contributed by atoms with van der Waals surface area (Å²) in [5.41, 5.74) is 6.30. The maximum atomic E-state index is 12.2. The summed E-state index contributed by atoms with van der Waals surface area (Å²) in [6.45, 7) is 0.264. The molecule has 0 spiro atoms. The van der Waals surface area contributed by atoms with Gasteiger partial charge in [-0.25, -0.2) is 0 Å². The maximum Gasteiger partial charge on any atom is 0.311 e. The van der Waals surface area contributed by atoms with Gasteiger partial charge in [0.2, 0.25) is 0 Å².